The minimum absolute atomic E-state index is 0.664. The predicted molar refractivity (Wildman–Crippen MR) is 66.7 cm³/mol. The van der Waals surface area contributed by atoms with Gasteiger partial charge in [-0.05, 0) is 43.0 Å². The molecule has 2 nitrogen and oxygen atoms in total. The highest BCUT2D eigenvalue weighted by molar-refractivity contribution is 6.30. The van der Waals surface area contributed by atoms with E-state index in [-0.39, 0.29) is 0 Å². The van der Waals surface area contributed by atoms with Gasteiger partial charge in [-0.3, -0.25) is 0 Å². The average molecular weight is 240 g/mol. The fourth-order valence-corrected chi connectivity index (χ4v) is 2.25. The van der Waals surface area contributed by atoms with Crippen molar-refractivity contribution in [2.45, 2.75) is 19.4 Å². The molecule has 0 bridgehead atoms. The zero-order valence-corrected chi connectivity index (χ0v) is 10.2. The van der Waals surface area contributed by atoms with Crippen LogP contribution in [0.15, 0.2) is 24.3 Å². The molecular weight excluding hydrogens is 222 g/mol. The second-order valence-electron chi connectivity index (χ2n) is 4.36. The molecule has 0 radical (unpaired) electrons. The molecule has 0 aromatic heterocycles. The smallest absolute Gasteiger partial charge is 0.0717 e. The zero-order valence-electron chi connectivity index (χ0n) is 9.42. The lowest BCUT2D eigenvalue weighted by Gasteiger charge is -2.22. The number of ether oxygens (including phenoxy) is 1. The molecule has 1 aliphatic heterocycles. The Labute approximate surface area is 102 Å². The number of halogens is 1. The highest BCUT2D eigenvalue weighted by atomic mass is 35.5. The number of benzene rings is 1. The fraction of sp³-hybridized carbons (Fsp3) is 0.538. The van der Waals surface area contributed by atoms with Crippen molar-refractivity contribution in [1.82, 2.24) is 5.32 Å². The highest BCUT2D eigenvalue weighted by Crippen LogP contribution is 2.14. The molecule has 0 saturated carbocycles. The van der Waals surface area contributed by atoms with Gasteiger partial charge >= 0.3 is 0 Å². The van der Waals surface area contributed by atoms with E-state index < -0.39 is 0 Å². The van der Waals surface area contributed by atoms with Crippen LogP contribution in [0.4, 0.5) is 0 Å². The first-order valence-corrected chi connectivity index (χ1v) is 6.25. The highest BCUT2D eigenvalue weighted by Gasteiger charge is 2.12. The Morgan fingerprint density at radius 2 is 2.38 bits per heavy atom. The SMILES string of the molecule is Clc1cccc(COC[C@@H]2CCCNC2)c1. The molecule has 1 saturated heterocycles. The number of piperidine rings is 1. The Balaban J connectivity index is 1.71. The average Bonchev–Trinajstić information content (AvgIpc) is 2.30. The molecule has 3 heteroatoms. The molecule has 0 unspecified atom stereocenters. The standard InChI is InChI=1S/C13H18ClNO/c14-13-5-1-3-11(7-13)9-16-10-12-4-2-6-15-8-12/h1,3,5,7,12,15H,2,4,6,8-10H2/t12-/m1/s1. The first-order valence-electron chi connectivity index (χ1n) is 5.87. The quantitative estimate of drug-likeness (QED) is 0.873. The van der Waals surface area contributed by atoms with Gasteiger partial charge in [0.05, 0.1) is 13.2 Å². The maximum Gasteiger partial charge on any atom is 0.0717 e. The molecule has 0 amide bonds. The predicted octanol–water partition coefficient (Wildman–Crippen LogP) is 2.86. The van der Waals surface area contributed by atoms with Crippen molar-refractivity contribution in [3.8, 4) is 0 Å². The van der Waals surface area contributed by atoms with Gasteiger partial charge in [0, 0.05) is 11.6 Å². The molecule has 1 N–H and O–H groups in total. The molecule has 1 atom stereocenters. The van der Waals surface area contributed by atoms with Gasteiger partial charge in [-0.2, -0.15) is 0 Å². The summed E-state index contributed by atoms with van der Waals surface area (Å²) in [6, 6.07) is 7.85. The zero-order chi connectivity index (χ0) is 11.2. The van der Waals surface area contributed by atoms with E-state index in [1.807, 2.05) is 24.3 Å². The van der Waals surface area contributed by atoms with Crippen LogP contribution in [0.5, 0.6) is 0 Å². The minimum atomic E-state index is 0.664. The van der Waals surface area contributed by atoms with E-state index in [1.165, 1.54) is 12.8 Å². The minimum Gasteiger partial charge on any atom is -0.376 e. The van der Waals surface area contributed by atoms with Crippen LogP contribution in [0.3, 0.4) is 0 Å². The van der Waals surface area contributed by atoms with Crippen LogP contribution in [0.1, 0.15) is 18.4 Å². The summed E-state index contributed by atoms with van der Waals surface area (Å²) in [4.78, 5) is 0. The summed E-state index contributed by atoms with van der Waals surface area (Å²) in [7, 11) is 0. The first kappa shape index (κ1) is 11.9. The molecule has 1 aromatic rings. The summed E-state index contributed by atoms with van der Waals surface area (Å²) in [6.45, 7) is 3.76. The van der Waals surface area contributed by atoms with Gasteiger partial charge in [0.1, 0.15) is 0 Å². The molecule has 2 rings (SSSR count). The molecule has 1 fully saturated rings. The second-order valence-corrected chi connectivity index (χ2v) is 4.79. The molecule has 0 spiro atoms. The molecule has 1 heterocycles. The number of hydrogen-bond donors (Lipinski definition) is 1. The van der Waals surface area contributed by atoms with Crippen molar-refractivity contribution in [3.05, 3.63) is 34.9 Å². The Morgan fingerprint density at radius 3 is 3.12 bits per heavy atom. The van der Waals surface area contributed by atoms with Crippen molar-refractivity contribution < 1.29 is 4.74 Å². The summed E-state index contributed by atoms with van der Waals surface area (Å²) in [5, 5.41) is 4.17. The van der Waals surface area contributed by atoms with Crippen molar-refractivity contribution in [3.63, 3.8) is 0 Å². The fourth-order valence-electron chi connectivity index (χ4n) is 2.04. The van der Waals surface area contributed by atoms with E-state index in [1.54, 1.807) is 0 Å². The maximum atomic E-state index is 5.91. The van der Waals surface area contributed by atoms with E-state index in [0.29, 0.717) is 12.5 Å². The van der Waals surface area contributed by atoms with Crippen LogP contribution in [0, 0.1) is 5.92 Å². The normalized spacial score (nSPS) is 20.9. The van der Waals surface area contributed by atoms with E-state index in [2.05, 4.69) is 5.32 Å². The molecule has 16 heavy (non-hydrogen) atoms. The van der Waals surface area contributed by atoms with Crippen LogP contribution in [-0.4, -0.2) is 19.7 Å². The Hall–Kier alpha value is -0.570. The Kier molecular flexibility index (Phi) is 4.64. The van der Waals surface area contributed by atoms with Gasteiger partial charge in [0.2, 0.25) is 0 Å². The lowest BCUT2D eigenvalue weighted by Crippen LogP contribution is -2.32. The van der Waals surface area contributed by atoms with Gasteiger partial charge in [-0.25, -0.2) is 0 Å². The molecule has 1 aromatic carbocycles. The van der Waals surface area contributed by atoms with E-state index in [9.17, 15) is 0 Å². The van der Waals surface area contributed by atoms with Crippen molar-refractivity contribution in [1.29, 1.82) is 0 Å². The Bertz CT molecular complexity index is 323. The number of rotatable bonds is 4. The third-order valence-corrected chi connectivity index (χ3v) is 3.15. The van der Waals surface area contributed by atoms with Gasteiger partial charge in [0.15, 0.2) is 0 Å². The second kappa shape index (κ2) is 6.24. The van der Waals surface area contributed by atoms with Gasteiger partial charge in [-0.1, -0.05) is 23.7 Å². The Morgan fingerprint density at radius 1 is 1.44 bits per heavy atom. The van der Waals surface area contributed by atoms with Gasteiger partial charge in [-0.15, -0.1) is 0 Å². The first-order chi connectivity index (χ1) is 7.84. The van der Waals surface area contributed by atoms with Gasteiger partial charge in [0.25, 0.3) is 0 Å². The van der Waals surface area contributed by atoms with Crippen LogP contribution in [0.25, 0.3) is 0 Å². The third-order valence-electron chi connectivity index (χ3n) is 2.91. The van der Waals surface area contributed by atoms with Crippen LogP contribution in [0.2, 0.25) is 5.02 Å². The largest absolute Gasteiger partial charge is 0.376 e. The van der Waals surface area contributed by atoms with Crippen molar-refractivity contribution in [2.24, 2.45) is 5.92 Å². The third kappa shape index (κ3) is 3.78. The van der Waals surface area contributed by atoms with E-state index >= 15 is 0 Å². The monoisotopic (exact) mass is 239 g/mol. The van der Waals surface area contributed by atoms with Crippen LogP contribution >= 0.6 is 11.6 Å². The molecular formula is C13H18ClNO. The van der Waals surface area contributed by atoms with Crippen molar-refractivity contribution >= 4 is 11.6 Å². The van der Waals surface area contributed by atoms with Crippen molar-refractivity contribution in [2.75, 3.05) is 19.7 Å². The van der Waals surface area contributed by atoms with Gasteiger partial charge < -0.3 is 10.1 Å². The summed E-state index contributed by atoms with van der Waals surface area (Å²) in [5.41, 5.74) is 1.15. The summed E-state index contributed by atoms with van der Waals surface area (Å²) >= 11 is 5.91. The summed E-state index contributed by atoms with van der Waals surface area (Å²) < 4.78 is 5.72. The van der Waals surface area contributed by atoms with Crippen LogP contribution < -0.4 is 5.32 Å². The summed E-state index contributed by atoms with van der Waals surface area (Å²) in [6.07, 6.45) is 2.55. The van der Waals surface area contributed by atoms with E-state index in [4.69, 9.17) is 16.3 Å². The van der Waals surface area contributed by atoms with Crippen LogP contribution in [-0.2, 0) is 11.3 Å². The van der Waals surface area contributed by atoms with E-state index in [0.717, 1.165) is 30.3 Å². The number of nitrogens with one attached hydrogen (secondary N) is 1. The maximum absolute atomic E-state index is 5.91. The molecule has 0 aliphatic carbocycles. The molecule has 1 aliphatic rings. The molecule has 88 valence electrons. The summed E-state index contributed by atoms with van der Waals surface area (Å²) in [5.74, 6) is 0.674. The number of hydrogen-bond acceptors (Lipinski definition) is 2. The lowest BCUT2D eigenvalue weighted by atomic mass is 10.0. The topological polar surface area (TPSA) is 21.3 Å². The lowest BCUT2D eigenvalue weighted by molar-refractivity contribution is 0.0783.